The van der Waals surface area contributed by atoms with Crippen LogP contribution in [0.2, 0.25) is 0 Å². The highest BCUT2D eigenvalue weighted by atomic mass is 16.5. The van der Waals surface area contributed by atoms with E-state index in [1.54, 1.807) is 0 Å². The van der Waals surface area contributed by atoms with Gasteiger partial charge in [-0.15, -0.1) is 0 Å². The van der Waals surface area contributed by atoms with Crippen molar-refractivity contribution in [3.63, 3.8) is 0 Å². The first-order chi connectivity index (χ1) is 8.44. The molecule has 0 aliphatic carbocycles. The molecule has 102 valence electrons. The summed E-state index contributed by atoms with van der Waals surface area (Å²) in [6.45, 7) is 9.35. The maximum Gasteiger partial charge on any atom is 0.105 e. The normalized spacial score (nSPS) is 15.4. The zero-order valence-electron chi connectivity index (χ0n) is 12.0. The van der Waals surface area contributed by atoms with E-state index in [4.69, 9.17) is 4.74 Å². The van der Waals surface area contributed by atoms with Crippen molar-refractivity contribution in [2.75, 3.05) is 6.61 Å². The van der Waals surface area contributed by atoms with E-state index in [0.29, 0.717) is 6.61 Å². The molecule has 0 heterocycles. The number of ether oxygens (including phenoxy) is 1. The molecule has 1 aromatic carbocycles. The Kier molecular flexibility index (Phi) is 5.83. The quantitative estimate of drug-likeness (QED) is 0.828. The van der Waals surface area contributed by atoms with Gasteiger partial charge in [0.2, 0.25) is 0 Å². The Morgan fingerprint density at radius 1 is 1.17 bits per heavy atom. The summed E-state index contributed by atoms with van der Waals surface area (Å²) in [5, 5.41) is 10.3. The van der Waals surface area contributed by atoms with Gasteiger partial charge in [-0.1, -0.05) is 58.0 Å². The largest absolute Gasteiger partial charge is 0.386 e. The molecule has 0 amide bonds. The smallest absolute Gasteiger partial charge is 0.105 e. The van der Waals surface area contributed by atoms with Gasteiger partial charge in [-0.2, -0.15) is 0 Å². The van der Waals surface area contributed by atoms with Crippen molar-refractivity contribution in [1.82, 2.24) is 0 Å². The second kappa shape index (κ2) is 6.91. The van der Waals surface area contributed by atoms with Gasteiger partial charge in [0.25, 0.3) is 0 Å². The molecule has 0 spiro atoms. The molecule has 1 rings (SSSR count). The second-order valence-electron chi connectivity index (χ2n) is 5.98. The fraction of sp³-hybridized carbons (Fsp3) is 0.625. The van der Waals surface area contributed by atoms with Gasteiger partial charge in [-0.05, 0) is 23.8 Å². The third-order valence-corrected chi connectivity index (χ3v) is 3.08. The Hall–Kier alpha value is -0.860. The van der Waals surface area contributed by atoms with Gasteiger partial charge in [-0.3, -0.25) is 0 Å². The highest BCUT2D eigenvalue weighted by Gasteiger charge is 2.20. The molecule has 0 saturated carbocycles. The van der Waals surface area contributed by atoms with Gasteiger partial charge in [0, 0.05) is 6.61 Å². The zero-order chi connectivity index (χ0) is 13.6. The van der Waals surface area contributed by atoms with Crippen LogP contribution in [0.25, 0.3) is 0 Å². The van der Waals surface area contributed by atoms with Crippen LogP contribution in [0.15, 0.2) is 30.3 Å². The molecule has 1 N–H and O–H groups in total. The third-order valence-electron chi connectivity index (χ3n) is 3.08. The Bertz CT molecular complexity index is 327. The maximum atomic E-state index is 10.3. The summed E-state index contributed by atoms with van der Waals surface area (Å²) >= 11 is 0. The maximum absolute atomic E-state index is 10.3. The Morgan fingerprint density at radius 3 is 2.28 bits per heavy atom. The first-order valence-corrected chi connectivity index (χ1v) is 6.78. The lowest BCUT2D eigenvalue weighted by molar-refractivity contribution is -0.0470. The zero-order valence-corrected chi connectivity index (χ0v) is 12.0. The number of aliphatic hydroxyl groups is 1. The number of hydrogen-bond donors (Lipinski definition) is 1. The fourth-order valence-corrected chi connectivity index (χ4v) is 1.81. The van der Waals surface area contributed by atoms with Crippen LogP contribution in [0, 0.1) is 5.41 Å². The van der Waals surface area contributed by atoms with Gasteiger partial charge >= 0.3 is 0 Å². The van der Waals surface area contributed by atoms with Gasteiger partial charge in [-0.25, -0.2) is 0 Å². The van der Waals surface area contributed by atoms with Gasteiger partial charge in [0.1, 0.15) is 6.10 Å². The van der Waals surface area contributed by atoms with Crippen LogP contribution in [-0.2, 0) is 4.74 Å². The second-order valence-corrected chi connectivity index (χ2v) is 5.98. The minimum absolute atomic E-state index is 0.116. The topological polar surface area (TPSA) is 29.5 Å². The summed E-state index contributed by atoms with van der Waals surface area (Å²) < 4.78 is 5.83. The SMILES string of the molecule is CCC(OCCC(C)(C)C)C(O)c1ccccc1. The fourth-order valence-electron chi connectivity index (χ4n) is 1.81. The molecule has 2 atom stereocenters. The molecule has 18 heavy (non-hydrogen) atoms. The first-order valence-electron chi connectivity index (χ1n) is 6.78. The van der Waals surface area contributed by atoms with E-state index in [-0.39, 0.29) is 11.5 Å². The average molecular weight is 250 g/mol. The molecule has 2 unspecified atom stereocenters. The molecule has 0 aromatic heterocycles. The summed E-state index contributed by atoms with van der Waals surface area (Å²) in [5.41, 5.74) is 1.20. The minimum Gasteiger partial charge on any atom is -0.386 e. The molecule has 0 aliphatic rings. The Labute approximate surface area is 111 Å². The molecule has 2 heteroatoms. The number of aliphatic hydroxyl groups excluding tert-OH is 1. The number of rotatable bonds is 6. The monoisotopic (exact) mass is 250 g/mol. The van der Waals surface area contributed by atoms with Crippen molar-refractivity contribution in [3.8, 4) is 0 Å². The van der Waals surface area contributed by atoms with Crippen LogP contribution < -0.4 is 0 Å². The van der Waals surface area contributed by atoms with Crippen molar-refractivity contribution in [3.05, 3.63) is 35.9 Å². The summed E-state index contributed by atoms with van der Waals surface area (Å²) in [5.74, 6) is 0. The lowest BCUT2D eigenvalue weighted by Crippen LogP contribution is -2.23. The molecule has 2 nitrogen and oxygen atoms in total. The van der Waals surface area contributed by atoms with Crippen molar-refractivity contribution < 1.29 is 9.84 Å². The highest BCUT2D eigenvalue weighted by molar-refractivity contribution is 5.18. The standard InChI is InChI=1S/C16H26O2/c1-5-14(18-12-11-16(2,3)4)15(17)13-9-7-6-8-10-13/h6-10,14-15,17H,5,11-12H2,1-4H3. The van der Waals surface area contributed by atoms with E-state index >= 15 is 0 Å². The number of hydrogen-bond acceptors (Lipinski definition) is 2. The van der Waals surface area contributed by atoms with Crippen LogP contribution in [0.1, 0.15) is 52.2 Å². The Balaban J connectivity index is 2.51. The van der Waals surface area contributed by atoms with E-state index in [1.807, 2.05) is 37.3 Å². The molecule has 0 radical (unpaired) electrons. The lowest BCUT2D eigenvalue weighted by atomic mass is 9.93. The minimum atomic E-state index is -0.531. The van der Waals surface area contributed by atoms with Gasteiger partial charge in [0.15, 0.2) is 0 Å². The summed E-state index contributed by atoms with van der Waals surface area (Å²) in [6.07, 6.45) is 1.18. The summed E-state index contributed by atoms with van der Waals surface area (Å²) in [4.78, 5) is 0. The van der Waals surface area contributed by atoms with Gasteiger partial charge in [0.05, 0.1) is 6.10 Å². The van der Waals surface area contributed by atoms with Gasteiger partial charge < -0.3 is 9.84 Å². The molecule has 0 fully saturated rings. The van der Waals surface area contributed by atoms with Crippen molar-refractivity contribution in [2.24, 2.45) is 5.41 Å². The van der Waals surface area contributed by atoms with Crippen molar-refractivity contribution in [1.29, 1.82) is 0 Å². The van der Waals surface area contributed by atoms with Crippen LogP contribution in [-0.4, -0.2) is 17.8 Å². The number of benzene rings is 1. The van der Waals surface area contributed by atoms with Crippen LogP contribution in [0.4, 0.5) is 0 Å². The molecule has 0 aliphatic heterocycles. The van der Waals surface area contributed by atoms with Crippen LogP contribution >= 0.6 is 0 Å². The molecule has 0 saturated heterocycles. The third kappa shape index (κ3) is 5.19. The van der Waals surface area contributed by atoms with Crippen molar-refractivity contribution >= 4 is 0 Å². The highest BCUT2D eigenvalue weighted by Crippen LogP contribution is 2.23. The van der Waals surface area contributed by atoms with E-state index in [1.165, 1.54) is 0 Å². The van der Waals surface area contributed by atoms with Crippen LogP contribution in [0.5, 0.6) is 0 Å². The van der Waals surface area contributed by atoms with Crippen LogP contribution in [0.3, 0.4) is 0 Å². The molecular formula is C16H26O2. The molecule has 1 aromatic rings. The van der Waals surface area contributed by atoms with E-state index in [0.717, 1.165) is 18.4 Å². The lowest BCUT2D eigenvalue weighted by Gasteiger charge is -2.25. The summed E-state index contributed by atoms with van der Waals surface area (Å²) in [6, 6.07) is 9.74. The first kappa shape index (κ1) is 15.2. The summed E-state index contributed by atoms with van der Waals surface area (Å²) in [7, 11) is 0. The van der Waals surface area contributed by atoms with E-state index < -0.39 is 6.10 Å². The molecular weight excluding hydrogens is 224 g/mol. The Morgan fingerprint density at radius 2 is 1.78 bits per heavy atom. The molecule has 0 bridgehead atoms. The van der Waals surface area contributed by atoms with E-state index in [9.17, 15) is 5.11 Å². The predicted octanol–water partition coefficient (Wildman–Crippen LogP) is 3.95. The predicted molar refractivity (Wildman–Crippen MR) is 75.5 cm³/mol. The average Bonchev–Trinajstić information content (AvgIpc) is 2.34. The van der Waals surface area contributed by atoms with Crippen molar-refractivity contribution in [2.45, 2.75) is 52.7 Å². The van der Waals surface area contributed by atoms with E-state index in [2.05, 4.69) is 20.8 Å².